The molecule has 84 valence electrons. The molecular formula is C10H21FN2O. The first-order valence-corrected chi connectivity index (χ1v) is 5.44. The summed E-state index contributed by atoms with van der Waals surface area (Å²) in [7, 11) is 0. The highest BCUT2D eigenvalue weighted by Crippen LogP contribution is 2.20. The van der Waals surface area contributed by atoms with Gasteiger partial charge in [0.15, 0.2) is 0 Å². The van der Waals surface area contributed by atoms with Crippen LogP contribution in [0.15, 0.2) is 0 Å². The van der Waals surface area contributed by atoms with Gasteiger partial charge in [-0.25, -0.2) is 0 Å². The Balaban J connectivity index is 2.29. The van der Waals surface area contributed by atoms with Gasteiger partial charge in [-0.05, 0) is 32.4 Å². The number of halogens is 1. The van der Waals surface area contributed by atoms with Gasteiger partial charge in [0.2, 0.25) is 0 Å². The zero-order valence-corrected chi connectivity index (χ0v) is 8.66. The van der Waals surface area contributed by atoms with E-state index in [-0.39, 0.29) is 18.7 Å². The predicted molar refractivity (Wildman–Crippen MR) is 54.8 cm³/mol. The second-order valence-electron chi connectivity index (χ2n) is 4.04. The second kappa shape index (κ2) is 6.32. The molecule has 1 fully saturated rings. The van der Waals surface area contributed by atoms with Gasteiger partial charge in [0, 0.05) is 19.0 Å². The fourth-order valence-corrected chi connectivity index (χ4v) is 2.04. The number of hydrogen-bond donors (Lipinski definition) is 2. The molecule has 0 aromatic rings. The van der Waals surface area contributed by atoms with Crippen LogP contribution in [0, 0.1) is 5.92 Å². The molecule has 0 saturated carbocycles. The molecule has 1 aliphatic rings. The van der Waals surface area contributed by atoms with Crippen molar-refractivity contribution >= 4 is 0 Å². The third kappa shape index (κ3) is 3.52. The van der Waals surface area contributed by atoms with Crippen LogP contribution in [0.2, 0.25) is 0 Å². The normalized spacial score (nSPS) is 29.4. The molecule has 1 saturated heterocycles. The van der Waals surface area contributed by atoms with Crippen molar-refractivity contribution in [3.05, 3.63) is 0 Å². The summed E-state index contributed by atoms with van der Waals surface area (Å²) in [6, 6.07) is 0. The van der Waals surface area contributed by atoms with Crippen molar-refractivity contribution in [3.8, 4) is 0 Å². The minimum Gasteiger partial charge on any atom is -0.393 e. The van der Waals surface area contributed by atoms with Crippen LogP contribution in [0.1, 0.15) is 19.3 Å². The number of likely N-dealkylation sites (tertiary alicyclic amines) is 1. The first kappa shape index (κ1) is 11.9. The summed E-state index contributed by atoms with van der Waals surface area (Å²) in [4.78, 5) is 2.28. The van der Waals surface area contributed by atoms with Crippen molar-refractivity contribution in [2.45, 2.75) is 25.4 Å². The first-order valence-electron chi connectivity index (χ1n) is 5.44. The van der Waals surface area contributed by atoms with Crippen molar-refractivity contribution in [1.82, 2.24) is 4.90 Å². The van der Waals surface area contributed by atoms with E-state index in [1.807, 2.05) is 0 Å². The number of aliphatic hydroxyl groups excluding tert-OH is 1. The molecule has 0 aliphatic carbocycles. The molecular weight excluding hydrogens is 183 g/mol. The Hall–Kier alpha value is -0.190. The molecule has 0 amide bonds. The van der Waals surface area contributed by atoms with E-state index in [9.17, 15) is 9.50 Å². The average Bonchev–Trinajstić information content (AvgIpc) is 2.19. The largest absolute Gasteiger partial charge is 0.393 e. The van der Waals surface area contributed by atoms with Crippen LogP contribution in [-0.2, 0) is 0 Å². The molecule has 14 heavy (non-hydrogen) atoms. The standard InChI is InChI=1S/C10H21FN2O/c11-4-2-9-8-13(6-1-5-12)7-3-10(9)14/h9-10,14H,1-8,12H2. The lowest BCUT2D eigenvalue weighted by molar-refractivity contribution is 0.0201. The number of alkyl halides is 1. The Morgan fingerprint density at radius 2 is 2.29 bits per heavy atom. The maximum Gasteiger partial charge on any atom is 0.0898 e. The molecule has 1 rings (SSSR count). The summed E-state index contributed by atoms with van der Waals surface area (Å²) in [6.07, 6.45) is 1.94. The molecule has 3 N–H and O–H groups in total. The highest BCUT2D eigenvalue weighted by molar-refractivity contribution is 4.79. The Morgan fingerprint density at radius 1 is 1.50 bits per heavy atom. The lowest BCUT2D eigenvalue weighted by atomic mass is 9.92. The van der Waals surface area contributed by atoms with Crippen LogP contribution in [0.3, 0.4) is 0 Å². The first-order chi connectivity index (χ1) is 6.77. The third-order valence-corrected chi connectivity index (χ3v) is 2.94. The van der Waals surface area contributed by atoms with Crippen LogP contribution in [0.4, 0.5) is 4.39 Å². The van der Waals surface area contributed by atoms with Gasteiger partial charge in [-0.3, -0.25) is 4.39 Å². The number of piperidine rings is 1. The van der Waals surface area contributed by atoms with Gasteiger partial charge >= 0.3 is 0 Å². The van der Waals surface area contributed by atoms with E-state index in [4.69, 9.17) is 5.73 Å². The number of nitrogens with zero attached hydrogens (tertiary/aromatic N) is 1. The minimum atomic E-state index is -0.327. The summed E-state index contributed by atoms with van der Waals surface area (Å²) >= 11 is 0. The van der Waals surface area contributed by atoms with Crippen LogP contribution >= 0.6 is 0 Å². The molecule has 3 nitrogen and oxygen atoms in total. The quantitative estimate of drug-likeness (QED) is 0.680. The smallest absolute Gasteiger partial charge is 0.0898 e. The van der Waals surface area contributed by atoms with E-state index in [2.05, 4.69) is 4.90 Å². The second-order valence-corrected chi connectivity index (χ2v) is 4.04. The number of rotatable bonds is 5. The van der Waals surface area contributed by atoms with Gasteiger partial charge in [0.05, 0.1) is 12.8 Å². The van der Waals surface area contributed by atoms with Crippen LogP contribution in [0.25, 0.3) is 0 Å². The van der Waals surface area contributed by atoms with Crippen molar-refractivity contribution in [2.24, 2.45) is 11.7 Å². The predicted octanol–water partition coefficient (Wildman–Crippen LogP) is 0.378. The van der Waals surface area contributed by atoms with Gasteiger partial charge in [0.25, 0.3) is 0 Å². The van der Waals surface area contributed by atoms with E-state index in [1.54, 1.807) is 0 Å². The molecule has 4 heteroatoms. The topological polar surface area (TPSA) is 49.5 Å². The molecule has 0 aromatic carbocycles. The molecule has 2 atom stereocenters. The summed E-state index contributed by atoms with van der Waals surface area (Å²) in [5.41, 5.74) is 5.43. The van der Waals surface area contributed by atoms with Crippen molar-refractivity contribution in [3.63, 3.8) is 0 Å². The van der Waals surface area contributed by atoms with E-state index in [0.717, 1.165) is 32.5 Å². The average molecular weight is 204 g/mol. The molecule has 2 unspecified atom stereocenters. The Kier molecular flexibility index (Phi) is 5.37. The van der Waals surface area contributed by atoms with Crippen LogP contribution in [-0.4, -0.2) is 49.0 Å². The van der Waals surface area contributed by atoms with Crippen molar-refractivity contribution < 1.29 is 9.50 Å². The van der Waals surface area contributed by atoms with Crippen molar-refractivity contribution in [2.75, 3.05) is 32.9 Å². The summed E-state index contributed by atoms with van der Waals surface area (Å²) in [5.74, 6) is 0.117. The number of hydrogen-bond acceptors (Lipinski definition) is 3. The fourth-order valence-electron chi connectivity index (χ4n) is 2.04. The maximum atomic E-state index is 12.2. The van der Waals surface area contributed by atoms with Gasteiger partial charge in [-0.1, -0.05) is 0 Å². The minimum absolute atomic E-state index is 0.117. The van der Waals surface area contributed by atoms with E-state index >= 15 is 0 Å². The Morgan fingerprint density at radius 3 is 2.93 bits per heavy atom. The number of aliphatic hydroxyl groups is 1. The highest BCUT2D eigenvalue weighted by atomic mass is 19.1. The monoisotopic (exact) mass is 204 g/mol. The molecule has 0 bridgehead atoms. The number of nitrogens with two attached hydrogens (primary N) is 1. The van der Waals surface area contributed by atoms with Gasteiger partial charge in [-0.2, -0.15) is 0 Å². The van der Waals surface area contributed by atoms with Gasteiger partial charge < -0.3 is 15.7 Å². The van der Waals surface area contributed by atoms with Crippen LogP contribution in [0.5, 0.6) is 0 Å². The SMILES string of the molecule is NCCCN1CCC(O)C(CCF)C1. The van der Waals surface area contributed by atoms with Crippen LogP contribution < -0.4 is 5.73 Å². The third-order valence-electron chi connectivity index (χ3n) is 2.94. The summed E-state index contributed by atoms with van der Waals surface area (Å²) < 4.78 is 12.2. The molecule has 0 aromatic heterocycles. The lowest BCUT2D eigenvalue weighted by Gasteiger charge is -2.35. The maximum absolute atomic E-state index is 12.2. The van der Waals surface area contributed by atoms with Crippen molar-refractivity contribution in [1.29, 1.82) is 0 Å². The summed E-state index contributed by atoms with van der Waals surface area (Å²) in [5, 5.41) is 9.63. The summed E-state index contributed by atoms with van der Waals surface area (Å²) in [6.45, 7) is 3.10. The van der Waals surface area contributed by atoms with Gasteiger partial charge in [0.1, 0.15) is 0 Å². The Labute approximate surface area is 85.1 Å². The molecule has 0 spiro atoms. The molecule has 1 aliphatic heterocycles. The molecule has 1 heterocycles. The van der Waals surface area contributed by atoms with E-state index in [0.29, 0.717) is 13.0 Å². The molecule has 0 radical (unpaired) electrons. The van der Waals surface area contributed by atoms with Gasteiger partial charge in [-0.15, -0.1) is 0 Å². The zero-order chi connectivity index (χ0) is 10.4. The highest BCUT2D eigenvalue weighted by Gasteiger charge is 2.26. The van der Waals surface area contributed by atoms with E-state index in [1.165, 1.54) is 0 Å². The lowest BCUT2D eigenvalue weighted by Crippen LogP contribution is -2.43. The fraction of sp³-hybridized carbons (Fsp3) is 1.00. The Bertz CT molecular complexity index is 155. The van der Waals surface area contributed by atoms with E-state index < -0.39 is 0 Å². The zero-order valence-electron chi connectivity index (χ0n) is 8.66.